The average molecular weight is 310 g/mol. The SMILES string of the molecule is O=C(COc1ccc(Cl)cc1)NC1C2CCC(C2)C1CO. The third-order valence-electron chi connectivity index (χ3n) is 4.81. The summed E-state index contributed by atoms with van der Waals surface area (Å²) >= 11 is 5.80. The van der Waals surface area contributed by atoms with Crippen LogP contribution < -0.4 is 10.1 Å². The van der Waals surface area contributed by atoms with Gasteiger partial charge < -0.3 is 15.2 Å². The van der Waals surface area contributed by atoms with Crippen molar-refractivity contribution in [2.45, 2.75) is 25.3 Å². The molecule has 0 radical (unpaired) electrons. The Bertz CT molecular complexity index is 505. The van der Waals surface area contributed by atoms with E-state index in [0.717, 1.165) is 12.8 Å². The molecule has 4 nitrogen and oxygen atoms in total. The number of aliphatic hydroxyl groups is 1. The van der Waals surface area contributed by atoms with Gasteiger partial charge in [0.25, 0.3) is 5.91 Å². The lowest BCUT2D eigenvalue weighted by Crippen LogP contribution is -2.46. The molecule has 0 spiro atoms. The minimum atomic E-state index is -0.124. The van der Waals surface area contributed by atoms with Crippen LogP contribution in [0.15, 0.2) is 24.3 Å². The maximum atomic E-state index is 12.0. The van der Waals surface area contributed by atoms with Gasteiger partial charge in [-0.05, 0) is 55.4 Å². The Morgan fingerprint density at radius 2 is 2.00 bits per heavy atom. The zero-order valence-corrected chi connectivity index (χ0v) is 12.6. The highest BCUT2D eigenvalue weighted by molar-refractivity contribution is 6.30. The number of carbonyl (C=O) groups is 1. The van der Waals surface area contributed by atoms with E-state index >= 15 is 0 Å². The van der Waals surface area contributed by atoms with Gasteiger partial charge >= 0.3 is 0 Å². The first-order valence-corrected chi connectivity index (χ1v) is 7.83. The summed E-state index contributed by atoms with van der Waals surface area (Å²) in [6.45, 7) is 0.151. The van der Waals surface area contributed by atoms with Crippen LogP contribution in [0.5, 0.6) is 5.75 Å². The van der Waals surface area contributed by atoms with E-state index in [1.165, 1.54) is 6.42 Å². The van der Waals surface area contributed by atoms with Gasteiger partial charge in [-0.15, -0.1) is 0 Å². The fourth-order valence-corrected chi connectivity index (χ4v) is 3.93. The molecule has 1 aromatic rings. The summed E-state index contributed by atoms with van der Waals surface area (Å²) < 4.78 is 5.45. The van der Waals surface area contributed by atoms with E-state index in [0.29, 0.717) is 22.6 Å². The van der Waals surface area contributed by atoms with Crippen molar-refractivity contribution in [3.05, 3.63) is 29.3 Å². The molecule has 2 fully saturated rings. The van der Waals surface area contributed by atoms with Crippen LogP contribution in [0.4, 0.5) is 0 Å². The van der Waals surface area contributed by atoms with Crippen LogP contribution in [0.3, 0.4) is 0 Å². The van der Waals surface area contributed by atoms with Crippen LogP contribution in [-0.4, -0.2) is 30.3 Å². The third kappa shape index (κ3) is 3.16. The van der Waals surface area contributed by atoms with Crippen molar-refractivity contribution in [1.82, 2.24) is 5.32 Å². The summed E-state index contributed by atoms with van der Waals surface area (Å²) in [5.74, 6) is 1.81. The minimum Gasteiger partial charge on any atom is -0.484 e. The molecule has 3 rings (SSSR count). The van der Waals surface area contributed by atoms with E-state index < -0.39 is 0 Å². The van der Waals surface area contributed by atoms with Crippen molar-refractivity contribution in [2.24, 2.45) is 17.8 Å². The second kappa shape index (κ2) is 6.24. The number of hydrogen-bond donors (Lipinski definition) is 2. The van der Waals surface area contributed by atoms with Crippen LogP contribution in [0.25, 0.3) is 0 Å². The predicted molar refractivity (Wildman–Crippen MR) is 80.3 cm³/mol. The molecule has 2 bridgehead atoms. The third-order valence-corrected chi connectivity index (χ3v) is 5.06. The van der Waals surface area contributed by atoms with Crippen molar-refractivity contribution < 1.29 is 14.6 Å². The second-order valence-corrected chi connectivity index (χ2v) is 6.45. The molecule has 21 heavy (non-hydrogen) atoms. The van der Waals surface area contributed by atoms with Crippen LogP contribution in [0.1, 0.15) is 19.3 Å². The van der Waals surface area contributed by atoms with Gasteiger partial charge in [-0.2, -0.15) is 0 Å². The number of amides is 1. The first kappa shape index (κ1) is 14.7. The average Bonchev–Trinajstić information content (AvgIpc) is 3.07. The molecule has 0 heterocycles. The Hall–Kier alpha value is -1.26. The summed E-state index contributed by atoms with van der Waals surface area (Å²) in [6, 6.07) is 7.04. The van der Waals surface area contributed by atoms with Gasteiger partial charge in [0.15, 0.2) is 6.61 Å². The lowest BCUT2D eigenvalue weighted by molar-refractivity contribution is -0.124. The number of aliphatic hydroxyl groups excluding tert-OH is 1. The van der Waals surface area contributed by atoms with Gasteiger partial charge in [-0.25, -0.2) is 0 Å². The van der Waals surface area contributed by atoms with Gasteiger partial charge in [0, 0.05) is 23.6 Å². The Morgan fingerprint density at radius 3 is 2.71 bits per heavy atom. The fourth-order valence-electron chi connectivity index (χ4n) is 3.81. The molecule has 5 heteroatoms. The number of fused-ring (bicyclic) bond motifs is 2. The highest BCUT2D eigenvalue weighted by Crippen LogP contribution is 2.48. The summed E-state index contributed by atoms with van der Waals surface area (Å²) in [5.41, 5.74) is 0. The summed E-state index contributed by atoms with van der Waals surface area (Å²) in [6.07, 6.45) is 3.47. The van der Waals surface area contributed by atoms with Gasteiger partial charge in [0.05, 0.1) is 0 Å². The molecule has 2 N–H and O–H groups in total. The zero-order valence-electron chi connectivity index (χ0n) is 11.8. The Morgan fingerprint density at radius 1 is 1.29 bits per heavy atom. The van der Waals surface area contributed by atoms with Crippen LogP contribution in [0.2, 0.25) is 5.02 Å². The summed E-state index contributed by atoms with van der Waals surface area (Å²) in [4.78, 5) is 12.0. The number of benzene rings is 1. The number of rotatable bonds is 5. The van der Waals surface area contributed by atoms with E-state index in [9.17, 15) is 9.90 Å². The number of ether oxygens (including phenoxy) is 1. The topological polar surface area (TPSA) is 58.6 Å². The fraction of sp³-hybridized carbons (Fsp3) is 0.562. The maximum Gasteiger partial charge on any atom is 0.258 e. The quantitative estimate of drug-likeness (QED) is 0.877. The molecule has 1 amide bonds. The Kier molecular flexibility index (Phi) is 4.36. The molecule has 2 saturated carbocycles. The van der Waals surface area contributed by atoms with E-state index in [-0.39, 0.29) is 31.1 Å². The number of carbonyl (C=O) groups excluding carboxylic acids is 1. The van der Waals surface area contributed by atoms with Gasteiger partial charge in [0.1, 0.15) is 5.75 Å². The van der Waals surface area contributed by atoms with Crippen LogP contribution in [-0.2, 0) is 4.79 Å². The van der Waals surface area contributed by atoms with Crippen LogP contribution in [0, 0.1) is 17.8 Å². The maximum absolute atomic E-state index is 12.0. The number of halogens is 1. The number of hydrogen-bond acceptors (Lipinski definition) is 3. The van der Waals surface area contributed by atoms with Gasteiger partial charge in [-0.1, -0.05) is 11.6 Å². The molecule has 0 saturated heterocycles. The monoisotopic (exact) mass is 309 g/mol. The second-order valence-electron chi connectivity index (χ2n) is 6.02. The largest absolute Gasteiger partial charge is 0.484 e. The van der Waals surface area contributed by atoms with E-state index in [1.807, 2.05) is 0 Å². The lowest BCUT2D eigenvalue weighted by atomic mass is 9.85. The smallest absolute Gasteiger partial charge is 0.258 e. The Balaban J connectivity index is 1.51. The van der Waals surface area contributed by atoms with Crippen LogP contribution >= 0.6 is 11.6 Å². The normalized spacial score (nSPS) is 30.4. The molecule has 4 atom stereocenters. The summed E-state index contributed by atoms with van der Waals surface area (Å²) in [7, 11) is 0. The highest BCUT2D eigenvalue weighted by Gasteiger charge is 2.47. The first-order chi connectivity index (χ1) is 10.2. The molecule has 4 unspecified atom stereocenters. The molecule has 0 aliphatic heterocycles. The van der Waals surface area contributed by atoms with Crippen molar-refractivity contribution >= 4 is 17.5 Å². The summed E-state index contributed by atoms with van der Waals surface area (Å²) in [5, 5.41) is 13.2. The van der Waals surface area contributed by atoms with Gasteiger partial charge in [-0.3, -0.25) is 4.79 Å². The molecule has 1 aromatic carbocycles. The highest BCUT2D eigenvalue weighted by atomic mass is 35.5. The van der Waals surface area contributed by atoms with E-state index in [4.69, 9.17) is 16.3 Å². The standard InChI is InChI=1S/C16H20ClNO3/c17-12-3-5-13(6-4-12)21-9-15(20)18-16-11-2-1-10(7-11)14(16)8-19/h3-6,10-11,14,16,19H,1-2,7-9H2,(H,18,20). The van der Waals surface area contributed by atoms with Crippen molar-refractivity contribution in [3.8, 4) is 5.75 Å². The molecular formula is C16H20ClNO3. The molecule has 114 valence electrons. The Labute approximate surface area is 129 Å². The molecular weight excluding hydrogens is 290 g/mol. The van der Waals surface area contributed by atoms with Crippen molar-refractivity contribution in [3.63, 3.8) is 0 Å². The number of nitrogens with one attached hydrogen (secondary N) is 1. The minimum absolute atomic E-state index is 0.00628. The predicted octanol–water partition coefficient (Wildman–Crippen LogP) is 2.24. The van der Waals surface area contributed by atoms with Crippen molar-refractivity contribution in [1.29, 1.82) is 0 Å². The zero-order chi connectivity index (χ0) is 14.8. The van der Waals surface area contributed by atoms with E-state index in [1.54, 1.807) is 24.3 Å². The van der Waals surface area contributed by atoms with Crippen molar-refractivity contribution in [2.75, 3.05) is 13.2 Å². The lowest BCUT2D eigenvalue weighted by Gasteiger charge is -2.30. The molecule has 2 aliphatic carbocycles. The first-order valence-electron chi connectivity index (χ1n) is 7.46. The molecule has 0 aromatic heterocycles. The van der Waals surface area contributed by atoms with E-state index in [2.05, 4.69) is 5.32 Å². The van der Waals surface area contributed by atoms with Gasteiger partial charge in [0.2, 0.25) is 0 Å². The molecule has 2 aliphatic rings.